The highest BCUT2D eigenvalue weighted by molar-refractivity contribution is 5.54. The molecular formula is C10H15N3. The van der Waals surface area contributed by atoms with Gasteiger partial charge in [-0.05, 0) is 19.4 Å². The van der Waals surface area contributed by atoms with Gasteiger partial charge in [0, 0.05) is 19.2 Å². The highest BCUT2D eigenvalue weighted by atomic mass is 15.1. The van der Waals surface area contributed by atoms with Gasteiger partial charge in [-0.1, -0.05) is 12.2 Å². The summed E-state index contributed by atoms with van der Waals surface area (Å²) in [4.78, 5) is 1.71. The molecule has 0 unspecified atom stereocenters. The molecule has 0 fully saturated rings. The first kappa shape index (κ1) is 11.4. The minimum absolute atomic E-state index is 0.543. The lowest BCUT2D eigenvalue weighted by Crippen LogP contribution is -2.12. The fourth-order valence-corrected chi connectivity index (χ4v) is 0.844. The van der Waals surface area contributed by atoms with Crippen molar-refractivity contribution in [3.63, 3.8) is 0 Å². The fraction of sp³-hybridized carbons (Fsp3) is 0.400. The van der Waals surface area contributed by atoms with E-state index in [-0.39, 0.29) is 0 Å². The zero-order valence-electron chi connectivity index (χ0n) is 8.12. The molecule has 0 aromatic rings. The Morgan fingerprint density at radius 3 is 2.77 bits per heavy atom. The number of nitrogens with zero attached hydrogens (tertiary/aromatic N) is 2. The standard InChI is InChI=1S/C10H15N3/c1-3-10(13(2)9-12)7-5-4-6-8-11/h3,5,7,9,12H,4,6H2,1-2H3/b7-5-,10-3+,12-9?. The van der Waals surface area contributed by atoms with Gasteiger partial charge in [0.1, 0.15) is 0 Å². The highest BCUT2D eigenvalue weighted by Gasteiger charge is 1.93. The molecule has 0 aromatic carbocycles. The lowest BCUT2D eigenvalue weighted by molar-refractivity contribution is 0.661. The van der Waals surface area contributed by atoms with E-state index in [1.165, 1.54) is 6.34 Å². The van der Waals surface area contributed by atoms with E-state index in [0.717, 1.165) is 12.1 Å². The molecule has 0 aliphatic heterocycles. The second kappa shape index (κ2) is 7.11. The van der Waals surface area contributed by atoms with Crippen molar-refractivity contribution in [2.45, 2.75) is 19.8 Å². The zero-order chi connectivity index (χ0) is 10.1. The topological polar surface area (TPSA) is 50.9 Å². The Kier molecular flexibility index (Phi) is 6.26. The average molecular weight is 177 g/mol. The van der Waals surface area contributed by atoms with Crippen molar-refractivity contribution < 1.29 is 0 Å². The number of rotatable bonds is 5. The maximum Gasteiger partial charge on any atom is 0.0859 e. The van der Waals surface area contributed by atoms with Crippen LogP contribution in [0.1, 0.15) is 19.8 Å². The lowest BCUT2D eigenvalue weighted by Gasteiger charge is -2.12. The zero-order valence-corrected chi connectivity index (χ0v) is 8.12. The van der Waals surface area contributed by atoms with Gasteiger partial charge in [-0.3, -0.25) is 5.41 Å². The van der Waals surface area contributed by atoms with Gasteiger partial charge in [0.15, 0.2) is 0 Å². The second-order valence-electron chi connectivity index (χ2n) is 2.55. The van der Waals surface area contributed by atoms with E-state index in [9.17, 15) is 0 Å². The van der Waals surface area contributed by atoms with Crippen molar-refractivity contribution in [3.8, 4) is 6.07 Å². The first-order valence-electron chi connectivity index (χ1n) is 4.19. The first-order chi connectivity index (χ1) is 6.26. The quantitative estimate of drug-likeness (QED) is 0.303. The molecule has 70 valence electrons. The SMILES string of the molecule is C/C=C(\C=C/CCC#N)N(C)C=N. The molecule has 0 saturated carbocycles. The summed E-state index contributed by atoms with van der Waals surface area (Å²) in [6.07, 6.45) is 8.35. The van der Waals surface area contributed by atoms with Gasteiger partial charge >= 0.3 is 0 Å². The Bertz CT molecular complexity index is 245. The van der Waals surface area contributed by atoms with Gasteiger partial charge in [0.25, 0.3) is 0 Å². The number of hydrogen-bond acceptors (Lipinski definition) is 2. The summed E-state index contributed by atoms with van der Waals surface area (Å²) in [6.45, 7) is 1.92. The lowest BCUT2D eigenvalue weighted by atomic mass is 10.2. The molecule has 0 amide bonds. The number of nitrogens with one attached hydrogen (secondary N) is 1. The number of hydrogen-bond donors (Lipinski definition) is 1. The Morgan fingerprint density at radius 1 is 1.62 bits per heavy atom. The summed E-state index contributed by atoms with van der Waals surface area (Å²) in [5, 5.41) is 15.3. The largest absolute Gasteiger partial charge is 0.336 e. The molecule has 0 saturated heterocycles. The van der Waals surface area contributed by atoms with E-state index in [4.69, 9.17) is 10.7 Å². The molecule has 0 rings (SSSR count). The maximum absolute atomic E-state index is 8.30. The minimum atomic E-state index is 0.543. The minimum Gasteiger partial charge on any atom is -0.336 e. The van der Waals surface area contributed by atoms with E-state index in [0.29, 0.717) is 6.42 Å². The molecule has 1 N–H and O–H groups in total. The molecule has 3 nitrogen and oxygen atoms in total. The number of allylic oxidation sites excluding steroid dienone is 3. The van der Waals surface area contributed by atoms with Crippen molar-refractivity contribution in [1.82, 2.24) is 4.90 Å². The maximum atomic E-state index is 8.30. The summed E-state index contributed by atoms with van der Waals surface area (Å²) < 4.78 is 0. The van der Waals surface area contributed by atoms with Crippen LogP contribution in [0.2, 0.25) is 0 Å². The third-order valence-electron chi connectivity index (χ3n) is 1.61. The van der Waals surface area contributed by atoms with Gasteiger partial charge in [0.2, 0.25) is 0 Å². The summed E-state index contributed by atoms with van der Waals surface area (Å²) >= 11 is 0. The van der Waals surface area contributed by atoms with E-state index in [2.05, 4.69) is 6.07 Å². The van der Waals surface area contributed by atoms with E-state index >= 15 is 0 Å². The van der Waals surface area contributed by atoms with Crippen LogP contribution in [0.5, 0.6) is 0 Å². The van der Waals surface area contributed by atoms with Crippen LogP contribution in [0.15, 0.2) is 23.9 Å². The van der Waals surface area contributed by atoms with Crippen molar-refractivity contribution in [2.24, 2.45) is 0 Å². The average Bonchev–Trinajstić information content (AvgIpc) is 2.17. The van der Waals surface area contributed by atoms with Crippen LogP contribution in [-0.4, -0.2) is 18.3 Å². The highest BCUT2D eigenvalue weighted by Crippen LogP contribution is 2.02. The predicted octanol–water partition coefficient (Wildman–Crippen LogP) is 2.29. The number of nitriles is 1. The molecule has 0 heterocycles. The van der Waals surface area contributed by atoms with Crippen molar-refractivity contribution in [1.29, 1.82) is 10.7 Å². The van der Waals surface area contributed by atoms with E-state index in [1.54, 1.807) is 4.90 Å². The Balaban J connectivity index is 4.08. The molecular weight excluding hydrogens is 162 g/mol. The Morgan fingerprint density at radius 2 is 2.31 bits per heavy atom. The van der Waals surface area contributed by atoms with Crippen LogP contribution in [0.3, 0.4) is 0 Å². The van der Waals surface area contributed by atoms with Crippen LogP contribution in [-0.2, 0) is 0 Å². The normalized spacial score (nSPS) is 11.3. The van der Waals surface area contributed by atoms with Gasteiger partial charge in [-0.15, -0.1) is 0 Å². The first-order valence-corrected chi connectivity index (χ1v) is 4.19. The van der Waals surface area contributed by atoms with Gasteiger partial charge < -0.3 is 4.90 Å². The molecule has 0 spiro atoms. The van der Waals surface area contributed by atoms with Crippen molar-refractivity contribution in [2.75, 3.05) is 7.05 Å². The smallest absolute Gasteiger partial charge is 0.0859 e. The van der Waals surface area contributed by atoms with Crippen LogP contribution >= 0.6 is 0 Å². The van der Waals surface area contributed by atoms with E-state index in [1.807, 2.05) is 32.2 Å². The van der Waals surface area contributed by atoms with Crippen LogP contribution < -0.4 is 0 Å². The molecule has 13 heavy (non-hydrogen) atoms. The summed E-state index contributed by atoms with van der Waals surface area (Å²) in [5.41, 5.74) is 0.966. The van der Waals surface area contributed by atoms with Crippen LogP contribution in [0.25, 0.3) is 0 Å². The molecule has 0 aliphatic carbocycles. The molecule has 0 radical (unpaired) electrons. The number of unbranched alkanes of at least 4 members (excludes halogenated alkanes) is 1. The van der Waals surface area contributed by atoms with Gasteiger partial charge in [-0.25, -0.2) is 0 Å². The van der Waals surface area contributed by atoms with Gasteiger partial charge in [0.05, 0.1) is 12.4 Å². The summed E-state index contributed by atoms with van der Waals surface area (Å²) in [7, 11) is 1.82. The predicted molar refractivity (Wildman–Crippen MR) is 54.3 cm³/mol. The van der Waals surface area contributed by atoms with Crippen molar-refractivity contribution in [3.05, 3.63) is 23.9 Å². The Labute approximate surface area is 79.5 Å². The third-order valence-corrected chi connectivity index (χ3v) is 1.61. The van der Waals surface area contributed by atoms with Crippen LogP contribution in [0.4, 0.5) is 0 Å². The molecule has 0 atom stereocenters. The van der Waals surface area contributed by atoms with E-state index < -0.39 is 0 Å². The van der Waals surface area contributed by atoms with Crippen LogP contribution in [0, 0.1) is 16.7 Å². The molecule has 3 heteroatoms. The molecule has 0 bridgehead atoms. The van der Waals surface area contributed by atoms with Crippen molar-refractivity contribution >= 4 is 6.34 Å². The summed E-state index contributed by atoms with van der Waals surface area (Å²) in [5.74, 6) is 0. The summed E-state index contributed by atoms with van der Waals surface area (Å²) in [6, 6.07) is 2.07. The second-order valence-corrected chi connectivity index (χ2v) is 2.55. The van der Waals surface area contributed by atoms with Gasteiger partial charge in [-0.2, -0.15) is 5.26 Å². The monoisotopic (exact) mass is 177 g/mol. The Hall–Kier alpha value is -1.56. The fourth-order valence-electron chi connectivity index (χ4n) is 0.844. The molecule has 0 aromatic heterocycles. The number of likely N-dealkylation sites (N-methyl/N-ethyl adjacent to an activating group) is 1. The molecule has 0 aliphatic rings. The third kappa shape index (κ3) is 4.81.